The lowest BCUT2D eigenvalue weighted by Gasteiger charge is -2.31. The van der Waals surface area contributed by atoms with Gasteiger partial charge in [0.1, 0.15) is 6.04 Å². The standard InChI is InChI=1S/C26H26ClN3O4/c1-2-28-26(32)24(16-19-8-4-3-5-9-19)29(18-20-12-14-22(27)15-13-20)25(31)17-21-10-6-7-11-23(21)30(33)34/h3-15,24H,2,16-18H2,1H3,(H,28,32)/t24-/m1/s1. The number of nitrogens with zero attached hydrogens (tertiary/aromatic N) is 2. The summed E-state index contributed by atoms with van der Waals surface area (Å²) in [5, 5.41) is 14.9. The molecule has 0 spiro atoms. The van der Waals surface area contributed by atoms with E-state index in [2.05, 4.69) is 5.32 Å². The number of carbonyl (C=O) groups excluding carboxylic acids is 2. The molecule has 0 aliphatic heterocycles. The lowest BCUT2D eigenvalue weighted by atomic mass is 10.0. The van der Waals surface area contributed by atoms with Gasteiger partial charge in [-0.3, -0.25) is 19.7 Å². The predicted octanol–water partition coefficient (Wildman–Crippen LogP) is 4.57. The number of nitro groups is 1. The summed E-state index contributed by atoms with van der Waals surface area (Å²) in [5.74, 6) is -0.660. The number of hydrogen-bond acceptors (Lipinski definition) is 4. The maximum atomic E-state index is 13.6. The van der Waals surface area contributed by atoms with Crippen molar-refractivity contribution in [2.75, 3.05) is 6.54 Å². The van der Waals surface area contributed by atoms with Crippen LogP contribution in [0.25, 0.3) is 0 Å². The van der Waals surface area contributed by atoms with Gasteiger partial charge in [0, 0.05) is 36.2 Å². The average Bonchev–Trinajstić information content (AvgIpc) is 2.83. The van der Waals surface area contributed by atoms with Crippen LogP contribution >= 0.6 is 11.6 Å². The molecular weight excluding hydrogens is 454 g/mol. The highest BCUT2D eigenvalue weighted by Crippen LogP contribution is 2.22. The molecule has 176 valence electrons. The fourth-order valence-electron chi connectivity index (χ4n) is 3.74. The Morgan fingerprint density at radius 1 is 0.971 bits per heavy atom. The van der Waals surface area contributed by atoms with Gasteiger partial charge in [0.15, 0.2) is 0 Å². The first-order valence-corrected chi connectivity index (χ1v) is 11.3. The second kappa shape index (κ2) is 12.0. The van der Waals surface area contributed by atoms with E-state index in [0.717, 1.165) is 11.1 Å². The van der Waals surface area contributed by atoms with Crippen molar-refractivity contribution in [2.24, 2.45) is 0 Å². The molecule has 0 aliphatic carbocycles. The van der Waals surface area contributed by atoms with Crippen LogP contribution in [0.15, 0.2) is 78.9 Å². The third-order valence-corrected chi connectivity index (χ3v) is 5.67. The van der Waals surface area contributed by atoms with Gasteiger partial charge in [-0.1, -0.05) is 72.3 Å². The van der Waals surface area contributed by atoms with Crippen LogP contribution in [-0.4, -0.2) is 34.2 Å². The number of benzene rings is 3. The van der Waals surface area contributed by atoms with E-state index in [4.69, 9.17) is 11.6 Å². The fraction of sp³-hybridized carbons (Fsp3) is 0.231. The van der Waals surface area contributed by atoms with Crippen molar-refractivity contribution in [1.29, 1.82) is 0 Å². The first-order chi connectivity index (χ1) is 16.4. The first kappa shape index (κ1) is 24.9. The number of halogens is 1. The molecule has 0 heterocycles. The van der Waals surface area contributed by atoms with E-state index in [9.17, 15) is 19.7 Å². The van der Waals surface area contributed by atoms with Crippen LogP contribution in [-0.2, 0) is 29.0 Å². The van der Waals surface area contributed by atoms with Crippen molar-refractivity contribution < 1.29 is 14.5 Å². The van der Waals surface area contributed by atoms with Crippen molar-refractivity contribution >= 4 is 29.1 Å². The molecule has 3 aromatic rings. The van der Waals surface area contributed by atoms with Gasteiger partial charge in [0.25, 0.3) is 5.69 Å². The van der Waals surface area contributed by atoms with Crippen molar-refractivity contribution in [3.05, 3.63) is 111 Å². The summed E-state index contributed by atoms with van der Waals surface area (Å²) < 4.78 is 0. The number of rotatable bonds is 10. The van der Waals surface area contributed by atoms with Crippen LogP contribution in [0.3, 0.4) is 0 Å². The normalized spacial score (nSPS) is 11.5. The predicted molar refractivity (Wildman–Crippen MR) is 131 cm³/mol. The molecule has 3 rings (SSSR count). The van der Waals surface area contributed by atoms with Crippen LogP contribution in [0.4, 0.5) is 5.69 Å². The number of nitro benzene ring substituents is 1. The molecule has 0 fully saturated rings. The van der Waals surface area contributed by atoms with Crippen LogP contribution in [0, 0.1) is 10.1 Å². The van der Waals surface area contributed by atoms with Crippen molar-refractivity contribution in [3.63, 3.8) is 0 Å². The van der Waals surface area contributed by atoms with E-state index < -0.39 is 11.0 Å². The third-order valence-electron chi connectivity index (χ3n) is 5.42. The average molecular weight is 480 g/mol. The van der Waals surface area contributed by atoms with Crippen LogP contribution in [0.1, 0.15) is 23.6 Å². The van der Waals surface area contributed by atoms with Gasteiger partial charge in [0.05, 0.1) is 11.3 Å². The minimum Gasteiger partial charge on any atom is -0.355 e. The monoisotopic (exact) mass is 479 g/mol. The second-order valence-electron chi connectivity index (χ2n) is 7.81. The molecule has 2 amide bonds. The van der Waals surface area contributed by atoms with Crippen LogP contribution < -0.4 is 5.32 Å². The molecule has 0 bridgehead atoms. The van der Waals surface area contributed by atoms with Crippen LogP contribution in [0.5, 0.6) is 0 Å². The molecule has 0 radical (unpaired) electrons. The van der Waals surface area contributed by atoms with E-state index in [1.165, 1.54) is 11.0 Å². The van der Waals surface area contributed by atoms with Gasteiger partial charge in [-0.15, -0.1) is 0 Å². The second-order valence-corrected chi connectivity index (χ2v) is 8.25. The van der Waals surface area contributed by atoms with E-state index in [-0.39, 0.29) is 30.5 Å². The Hall–Kier alpha value is -3.71. The molecule has 3 aromatic carbocycles. The van der Waals surface area contributed by atoms with Gasteiger partial charge in [0.2, 0.25) is 11.8 Å². The van der Waals surface area contributed by atoms with Crippen molar-refractivity contribution in [1.82, 2.24) is 10.2 Å². The molecule has 0 saturated carbocycles. The maximum absolute atomic E-state index is 13.6. The number of nitrogens with one attached hydrogen (secondary N) is 1. The number of hydrogen-bond donors (Lipinski definition) is 1. The number of para-hydroxylation sites is 1. The zero-order valence-corrected chi connectivity index (χ0v) is 19.6. The number of amides is 2. The Morgan fingerprint density at radius 2 is 1.62 bits per heavy atom. The van der Waals surface area contributed by atoms with E-state index in [1.54, 1.807) is 42.5 Å². The Labute approximate surface area is 203 Å². The molecular formula is C26H26ClN3O4. The topological polar surface area (TPSA) is 92.6 Å². The molecule has 1 N–H and O–H groups in total. The molecule has 0 unspecified atom stereocenters. The number of likely N-dealkylation sites (N-methyl/N-ethyl adjacent to an activating group) is 1. The fourth-order valence-corrected chi connectivity index (χ4v) is 3.86. The summed E-state index contributed by atoms with van der Waals surface area (Å²) in [6.07, 6.45) is 0.109. The Kier molecular flexibility index (Phi) is 8.76. The van der Waals surface area contributed by atoms with Crippen molar-refractivity contribution in [2.45, 2.75) is 32.4 Å². The zero-order chi connectivity index (χ0) is 24.5. The largest absolute Gasteiger partial charge is 0.355 e. The molecule has 8 heteroatoms. The minimum absolute atomic E-state index is 0.125. The molecule has 0 aromatic heterocycles. The van der Waals surface area contributed by atoms with Gasteiger partial charge < -0.3 is 10.2 Å². The van der Waals surface area contributed by atoms with Gasteiger partial charge in [-0.25, -0.2) is 0 Å². The lowest BCUT2D eigenvalue weighted by molar-refractivity contribution is -0.385. The quantitative estimate of drug-likeness (QED) is 0.340. The summed E-state index contributed by atoms with van der Waals surface area (Å²) in [7, 11) is 0. The van der Waals surface area contributed by atoms with E-state index in [0.29, 0.717) is 23.6 Å². The zero-order valence-electron chi connectivity index (χ0n) is 18.8. The minimum atomic E-state index is -0.798. The highest BCUT2D eigenvalue weighted by atomic mass is 35.5. The highest BCUT2D eigenvalue weighted by Gasteiger charge is 2.31. The summed E-state index contributed by atoms with van der Waals surface area (Å²) in [5.41, 5.74) is 1.87. The van der Waals surface area contributed by atoms with Crippen LogP contribution in [0.2, 0.25) is 5.02 Å². The summed E-state index contributed by atoms with van der Waals surface area (Å²) in [6.45, 7) is 2.39. The molecule has 34 heavy (non-hydrogen) atoms. The molecule has 0 aliphatic rings. The van der Waals surface area contributed by atoms with E-state index in [1.807, 2.05) is 37.3 Å². The molecule has 0 saturated heterocycles. The number of carbonyl (C=O) groups is 2. The Balaban J connectivity index is 1.99. The van der Waals surface area contributed by atoms with Gasteiger partial charge in [-0.2, -0.15) is 0 Å². The third kappa shape index (κ3) is 6.65. The van der Waals surface area contributed by atoms with E-state index >= 15 is 0 Å². The summed E-state index contributed by atoms with van der Waals surface area (Å²) in [6, 6.07) is 21.8. The molecule has 7 nitrogen and oxygen atoms in total. The first-order valence-electron chi connectivity index (χ1n) is 11.0. The maximum Gasteiger partial charge on any atom is 0.273 e. The molecule has 1 atom stereocenters. The van der Waals surface area contributed by atoms with Gasteiger partial charge in [-0.05, 0) is 30.2 Å². The summed E-state index contributed by atoms with van der Waals surface area (Å²) >= 11 is 6.02. The SMILES string of the molecule is CCNC(=O)[C@@H](Cc1ccccc1)N(Cc1ccc(Cl)cc1)C(=O)Cc1ccccc1[N+](=O)[O-]. The van der Waals surface area contributed by atoms with Crippen molar-refractivity contribution in [3.8, 4) is 0 Å². The smallest absolute Gasteiger partial charge is 0.273 e. The Bertz CT molecular complexity index is 1140. The summed E-state index contributed by atoms with van der Waals surface area (Å²) in [4.78, 5) is 39.2. The highest BCUT2D eigenvalue weighted by molar-refractivity contribution is 6.30. The lowest BCUT2D eigenvalue weighted by Crippen LogP contribution is -2.51. The van der Waals surface area contributed by atoms with Gasteiger partial charge >= 0.3 is 0 Å². The Morgan fingerprint density at radius 3 is 2.26 bits per heavy atom.